The molecule has 0 saturated carbocycles. The molecule has 11 heteroatoms. The summed E-state index contributed by atoms with van der Waals surface area (Å²) < 4.78 is 67.3. The van der Waals surface area contributed by atoms with Crippen molar-refractivity contribution in [2.24, 2.45) is 0 Å². The van der Waals surface area contributed by atoms with Crippen molar-refractivity contribution in [2.75, 3.05) is 26.2 Å². The third-order valence-corrected chi connectivity index (χ3v) is 7.58. The summed E-state index contributed by atoms with van der Waals surface area (Å²) in [7, 11) is -4.03. The SMILES string of the molecule is O=C(/C=C(\c1ccccc1)C(F)(F)F)N1CCN(S(=O)(=O)c2c(Cl)cccc2Cl)CC1. The summed E-state index contributed by atoms with van der Waals surface area (Å²) >= 11 is 12.0. The second kappa shape index (κ2) is 9.20. The monoisotopic (exact) mass is 492 g/mol. The summed E-state index contributed by atoms with van der Waals surface area (Å²) in [5, 5.41) is -0.0711. The van der Waals surface area contributed by atoms with E-state index in [0.717, 1.165) is 4.31 Å². The number of carbonyl (C=O) groups excluding carboxylic acids is 1. The molecule has 1 amide bonds. The Balaban J connectivity index is 1.77. The topological polar surface area (TPSA) is 57.7 Å². The van der Waals surface area contributed by atoms with Crippen LogP contribution in [-0.4, -0.2) is 55.9 Å². The van der Waals surface area contributed by atoms with Crippen molar-refractivity contribution in [2.45, 2.75) is 11.1 Å². The van der Waals surface area contributed by atoms with E-state index in [0.29, 0.717) is 6.08 Å². The van der Waals surface area contributed by atoms with Crippen LogP contribution in [0.15, 0.2) is 59.5 Å². The zero-order valence-electron chi connectivity index (χ0n) is 15.9. The summed E-state index contributed by atoms with van der Waals surface area (Å²) in [6.07, 6.45) is -4.17. The van der Waals surface area contributed by atoms with Crippen LogP contribution in [0.2, 0.25) is 10.0 Å². The fourth-order valence-electron chi connectivity index (χ4n) is 3.17. The van der Waals surface area contributed by atoms with Crippen molar-refractivity contribution in [1.82, 2.24) is 9.21 Å². The van der Waals surface area contributed by atoms with Crippen LogP contribution in [-0.2, 0) is 14.8 Å². The molecule has 31 heavy (non-hydrogen) atoms. The average Bonchev–Trinajstić information content (AvgIpc) is 2.71. The number of halogens is 5. The Morgan fingerprint density at radius 1 is 0.903 bits per heavy atom. The van der Waals surface area contributed by atoms with Gasteiger partial charge in [-0.05, 0) is 17.7 Å². The molecule has 0 aliphatic carbocycles. The van der Waals surface area contributed by atoms with Gasteiger partial charge in [-0.15, -0.1) is 0 Å². The maximum atomic E-state index is 13.5. The fourth-order valence-corrected chi connectivity index (χ4v) is 5.68. The smallest absolute Gasteiger partial charge is 0.337 e. The molecular weight excluding hydrogens is 476 g/mol. The molecule has 0 unspecified atom stereocenters. The number of alkyl halides is 3. The van der Waals surface area contributed by atoms with Crippen molar-refractivity contribution >= 4 is 44.7 Å². The first-order valence-electron chi connectivity index (χ1n) is 9.09. The molecule has 1 aliphatic heterocycles. The predicted molar refractivity (Wildman–Crippen MR) is 112 cm³/mol. The molecule has 0 spiro atoms. The van der Waals surface area contributed by atoms with Crippen LogP contribution in [0.1, 0.15) is 5.56 Å². The number of rotatable bonds is 4. The van der Waals surface area contributed by atoms with Crippen molar-refractivity contribution in [3.63, 3.8) is 0 Å². The first kappa shape index (κ1) is 23.6. The van der Waals surface area contributed by atoms with E-state index in [1.165, 1.54) is 47.4 Å². The molecule has 1 aliphatic rings. The lowest BCUT2D eigenvalue weighted by atomic mass is 10.0. The molecule has 0 N–H and O–H groups in total. The molecule has 166 valence electrons. The zero-order chi connectivity index (χ0) is 22.8. The lowest BCUT2D eigenvalue weighted by molar-refractivity contribution is -0.127. The molecular formula is C20H17Cl2F3N2O3S. The van der Waals surface area contributed by atoms with Gasteiger partial charge < -0.3 is 4.90 Å². The molecule has 1 saturated heterocycles. The number of hydrogen-bond donors (Lipinski definition) is 0. The van der Waals surface area contributed by atoms with Crippen LogP contribution in [0.4, 0.5) is 13.2 Å². The Morgan fingerprint density at radius 3 is 1.97 bits per heavy atom. The number of nitrogens with zero attached hydrogens (tertiary/aromatic N) is 2. The van der Waals surface area contributed by atoms with E-state index in [1.54, 1.807) is 6.07 Å². The number of piperazine rings is 1. The van der Waals surface area contributed by atoms with E-state index in [-0.39, 0.29) is 46.7 Å². The first-order chi connectivity index (χ1) is 14.5. The van der Waals surface area contributed by atoms with Crippen LogP contribution in [0, 0.1) is 0 Å². The zero-order valence-corrected chi connectivity index (χ0v) is 18.3. The highest BCUT2D eigenvalue weighted by molar-refractivity contribution is 7.89. The average molecular weight is 493 g/mol. The minimum atomic E-state index is -4.72. The van der Waals surface area contributed by atoms with Crippen LogP contribution in [0.25, 0.3) is 5.57 Å². The minimum absolute atomic E-state index is 0.0355. The summed E-state index contributed by atoms with van der Waals surface area (Å²) in [5.74, 6) is -0.844. The molecule has 2 aromatic rings. The number of carbonyl (C=O) groups is 1. The molecule has 1 heterocycles. The van der Waals surface area contributed by atoms with Gasteiger partial charge in [0.05, 0.1) is 15.6 Å². The highest BCUT2D eigenvalue weighted by Gasteiger charge is 2.37. The van der Waals surface area contributed by atoms with Crippen molar-refractivity contribution in [1.29, 1.82) is 0 Å². The van der Waals surface area contributed by atoms with Gasteiger partial charge >= 0.3 is 6.18 Å². The van der Waals surface area contributed by atoms with Gasteiger partial charge in [0.1, 0.15) is 4.90 Å². The van der Waals surface area contributed by atoms with Crippen molar-refractivity contribution in [3.05, 3.63) is 70.2 Å². The minimum Gasteiger partial charge on any atom is -0.337 e. The number of amides is 1. The van der Waals surface area contributed by atoms with E-state index in [4.69, 9.17) is 23.2 Å². The highest BCUT2D eigenvalue weighted by Crippen LogP contribution is 2.34. The van der Waals surface area contributed by atoms with E-state index in [1.807, 2.05) is 0 Å². The Morgan fingerprint density at radius 2 is 1.45 bits per heavy atom. The van der Waals surface area contributed by atoms with Gasteiger partial charge in [-0.25, -0.2) is 8.42 Å². The Bertz CT molecular complexity index is 1080. The van der Waals surface area contributed by atoms with Gasteiger partial charge in [0.2, 0.25) is 15.9 Å². The summed E-state index contributed by atoms with van der Waals surface area (Å²) in [6.45, 7) is -0.348. The molecule has 5 nitrogen and oxygen atoms in total. The molecule has 3 rings (SSSR count). The standard InChI is InChI=1S/C20H17Cl2F3N2O3S/c21-16-7-4-8-17(22)19(16)31(29,30)27-11-9-26(10-12-27)18(28)13-15(20(23,24)25)14-5-2-1-3-6-14/h1-8,13H,9-12H2/b15-13+. The number of benzene rings is 2. The first-order valence-corrected chi connectivity index (χ1v) is 11.3. The van der Waals surface area contributed by atoms with E-state index in [9.17, 15) is 26.4 Å². The molecule has 0 aromatic heterocycles. The Labute approximate surface area is 187 Å². The quantitative estimate of drug-likeness (QED) is 0.591. The van der Waals surface area contributed by atoms with Crippen molar-refractivity contribution < 1.29 is 26.4 Å². The summed E-state index contributed by atoms with van der Waals surface area (Å²) in [4.78, 5) is 13.4. The maximum Gasteiger partial charge on any atom is 0.417 e. The number of sulfonamides is 1. The van der Waals surface area contributed by atoms with Gasteiger partial charge in [0.15, 0.2) is 0 Å². The maximum absolute atomic E-state index is 13.5. The molecule has 2 aromatic carbocycles. The number of hydrogen-bond acceptors (Lipinski definition) is 3. The molecule has 0 radical (unpaired) electrons. The fraction of sp³-hybridized carbons (Fsp3) is 0.250. The van der Waals surface area contributed by atoms with Crippen LogP contribution in [0.3, 0.4) is 0 Å². The summed E-state index contributed by atoms with van der Waals surface area (Å²) in [6, 6.07) is 11.3. The van der Waals surface area contributed by atoms with Crippen molar-refractivity contribution in [3.8, 4) is 0 Å². The lowest BCUT2D eigenvalue weighted by Crippen LogP contribution is -2.50. The largest absolute Gasteiger partial charge is 0.417 e. The van der Waals surface area contributed by atoms with Gasteiger partial charge in [0, 0.05) is 32.3 Å². The summed E-state index contributed by atoms with van der Waals surface area (Å²) in [5.41, 5.74) is -1.19. The van der Waals surface area contributed by atoms with Gasteiger partial charge in [-0.1, -0.05) is 59.6 Å². The van der Waals surface area contributed by atoms with Crippen LogP contribution in [0.5, 0.6) is 0 Å². The molecule has 0 bridgehead atoms. The van der Waals surface area contributed by atoms with Crippen LogP contribution >= 0.6 is 23.2 Å². The van der Waals surface area contributed by atoms with Gasteiger partial charge in [0.25, 0.3) is 0 Å². The second-order valence-corrected chi connectivity index (χ2v) is 9.39. The highest BCUT2D eigenvalue weighted by atomic mass is 35.5. The van der Waals surface area contributed by atoms with Gasteiger partial charge in [-0.3, -0.25) is 4.79 Å². The van der Waals surface area contributed by atoms with E-state index >= 15 is 0 Å². The second-order valence-electron chi connectivity index (χ2n) is 6.70. The van der Waals surface area contributed by atoms with E-state index in [2.05, 4.69) is 0 Å². The van der Waals surface area contributed by atoms with Gasteiger partial charge in [-0.2, -0.15) is 17.5 Å². The molecule has 0 atom stereocenters. The number of allylic oxidation sites excluding steroid dienone is 1. The Hall–Kier alpha value is -2.07. The van der Waals surface area contributed by atoms with Crippen LogP contribution < -0.4 is 0 Å². The predicted octanol–water partition coefficient (Wildman–Crippen LogP) is 4.47. The third kappa shape index (κ3) is 5.23. The third-order valence-electron chi connectivity index (χ3n) is 4.73. The normalized spacial score (nSPS) is 16.4. The lowest BCUT2D eigenvalue weighted by Gasteiger charge is -2.34. The molecule has 1 fully saturated rings. The van der Waals surface area contributed by atoms with E-state index < -0.39 is 27.7 Å². The Kier molecular flexibility index (Phi) is 7.00.